The van der Waals surface area contributed by atoms with Gasteiger partial charge in [-0.3, -0.25) is 15.0 Å². The molecule has 0 unspecified atom stereocenters. The number of hydrogen-bond donors (Lipinski definition) is 3. The Morgan fingerprint density at radius 1 is 1.16 bits per heavy atom. The molecule has 1 aliphatic heterocycles. The second-order valence-corrected chi connectivity index (χ2v) is 7.75. The largest absolute Gasteiger partial charge is 0.365 e. The molecule has 2 aromatic rings. The van der Waals surface area contributed by atoms with E-state index in [1.54, 1.807) is 12.4 Å². The predicted molar refractivity (Wildman–Crippen MR) is 138 cm³/mol. The number of hydrogen-bond acceptors (Lipinski definition) is 6. The van der Waals surface area contributed by atoms with Crippen molar-refractivity contribution in [3.63, 3.8) is 0 Å². The van der Waals surface area contributed by atoms with Crippen molar-refractivity contribution in [3.8, 4) is 0 Å². The highest BCUT2D eigenvalue weighted by Crippen LogP contribution is 2.26. The number of hydroxylamine groups is 1. The summed E-state index contributed by atoms with van der Waals surface area (Å²) < 4.78 is 0. The zero-order valence-corrected chi connectivity index (χ0v) is 21.2. The summed E-state index contributed by atoms with van der Waals surface area (Å²) >= 11 is 0. The smallest absolute Gasteiger partial charge is 0.267 e. The number of nitrogens with zero attached hydrogens (tertiary/aromatic N) is 3. The molecule has 3 N–H and O–H groups in total. The van der Waals surface area contributed by atoms with Crippen LogP contribution in [0.3, 0.4) is 0 Å². The predicted octanol–water partition coefficient (Wildman–Crippen LogP) is 4.15. The Hall–Kier alpha value is -1.61. The first-order valence-electron chi connectivity index (χ1n) is 9.45. The van der Waals surface area contributed by atoms with Crippen LogP contribution in [0.25, 0.3) is 6.08 Å². The molecule has 7 nitrogen and oxygen atoms in total. The minimum Gasteiger partial charge on any atom is -0.365 e. The number of carbonyl (C=O) groups is 1. The van der Waals surface area contributed by atoms with Gasteiger partial charge in [-0.2, -0.15) is 0 Å². The fourth-order valence-corrected chi connectivity index (χ4v) is 3.54. The fourth-order valence-electron chi connectivity index (χ4n) is 3.54. The Kier molecular flexibility index (Phi) is 15.5. The molecule has 0 radical (unpaired) electrons. The molecule has 180 valence electrons. The first kappa shape index (κ1) is 32.6. The van der Waals surface area contributed by atoms with Crippen LogP contribution in [-0.2, 0) is 10.2 Å². The molecule has 1 aliphatic rings. The van der Waals surface area contributed by atoms with Crippen LogP contribution >= 0.6 is 49.6 Å². The average Bonchev–Trinajstić information content (AvgIpc) is 3.14. The van der Waals surface area contributed by atoms with Crippen molar-refractivity contribution < 1.29 is 10.0 Å². The van der Waals surface area contributed by atoms with E-state index in [0.29, 0.717) is 11.7 Å². The molecule has 1 saturated heterocycles. The van der Waals surface area contributed by atoms with Crippen molar-refractivity contribution in [1.29, 1.82) is 0 Å². The second kappa shape index (κ2) is 15.3. The average molecular weight is 527 g/mol. The van der Waals surface area contributed by atoms with E-state index in [2.05, 4.69) is 64.4 Å². The molecular formula is C21H31Cl4N5O2. The van der Waals surface area contributed by atoms with E-state index in [0.717, 1.165) is 31.9 Å². The highest BCUT2D eigenvalue weighted by Gasteiger charge is 2.29. The van der Waals surface area contributed by atoms with Gasteiger partial charge in [-0.25, -0.2) is 10.5 Å². The number of nitrogens with one attached hydrogen (secondary N) is 2. The van der Waals surface area contributed by atoms with Crippen molar-refractivity contribution in [3.05, 3.63) is 60.1 Å². The zero-order valence-electron chi connectivity index (χ0n) is 17.9. The summed E-state index contributed by atoms with van der Waals surface area (Å²) in [5, 5.41) is 11.9. The lowest BCUT2D eigenvalue weighted by Gasteiger charge is -2.31. The Balaban J connectivity index is 0. The number of likely N-dealkylation sites (tertiary alicyclic amines) is 1. The standard InChI is InChI=1S/C21H27N5O2.4ClH/c1-21(2,16-6-4-3-5-7-16)15-26-11-10-18(14-26)24-19-13-22-17(12-23-19)8-9-20(27)25-28;;;;/h3-9,12-13,18,28H,10-11,14-15H2,1-2H3,(H,23,24)(H,25,27);4*1H/t18-;;;;/m1..../s1. The summed E-state index contributed by atoms with van der Waals surface area (Å²) in [6.07, 6.45) is 7.00. The van der Waals surface area contributed by atoms with E-state index in [9.17, 15) is 4.79 Å². The monoisotopic (exact) mass is 525 g/mol. The summed E-state index contributed by atoms with van der Waals surface area (Å²) in [6, 6.07) is 11.0. The van der Waals surface area contributed by atoms with E-state index in [4.69, 9.17) is 5.21 Å². The Labute approximate surface area is 214 Å². The number of carbonyl (C=O) groups excluding carboxylic acids is 1. The van der Waals surface area contributed by atoms with Crippen LogP contribution < -0.4 is 10.8 Å². The topological polar surface area (TPSA) is 90.4 Å². The van der Waals surface area contributed by atoms with Gasteiger partial charge >= 0.3 is 0 Å². The van der Waals surface area contributed by atoms with Crippen molar-refractivity contribution in [2.45, 2.75) is 31.7 Å². The Morgan fingerprint density at radius 3 is 2.44 bits per heavy atom. The molecule has 3 rings (SSSR count). The maximum Gasteiger partial charge on any atom is 0.267 e. The number of benzene rings is 1. The summed E-state index contributed by atoms with van der Waals surface area (Å²) in [5.74, 6) is 0.117. The summed E-state index contributed by atoms with van der Waals surface area (Å²) in [7, 11) is 0. The number of halogens is 4. The normalized spacial score (nSPS) is 15.5. The zero-order chi connectivity index (χ0) is 20.0. The van der Waals surface area contributed by atoms with Crippen LogP contribution in [0.15, 0.2) is 48.8 Å². The van der Waals surface area contributed by atoms with Crippen LogP contribution in [0.2, 0.25) is 0 Å². The molecule has 1 aromatic carbocycles. The minimum absolute atomic E-state index is 0. The van der Waals surface area contributed by atoms with Crippen LogP contribution in [-0.4, -0.2) is 51.7 Å². The molecule has 0 bridgehead atoms. The van der Waals surface area contributed by atoms with Crippen molar-refractivity contribution in [1.82, 2.24) is 20.3 Å². The van der Waals surface area contributed by atoms with E-state index >= 15 is 0 Å². The SMILES string of the molecule is CC(C)(CN1CC[C@@H](Nc2cnc(C=CC(=O)NO)cn2)C1)c1ccccc1.Cl.Cl.Cl.Cl. The first-order valence-corrected chi connectivity index (χ1v) is 9.45. The van der Waals surface area contributed by atoms with Gasteiger partial charge in [-0.05, 0) is 18.1 Å². The quantitative estimate of drug-likeness (QED) is 0.285. The van der Waals surface area contributed by atoms with Gasteiger partial charge in [0.2, 0.25) is 0 Å². The third-order valence-electron chi connectivity index (χ3n) is 4.99. The molecule has 1 aromatic heterocycles. The van der Waals surface area contributed by atoms with Gasteiger partial charge in [0.25, 0.3) is 5.91 Å². The number of anilines is 1. The summed E-state index contributed by atoms with van der Waals surface area (Å²) in [4.78, 5) is 22.1. The first-order chi connectivity index (χ1) is 13.5. The molecule has 1 atom stereocenters. The van der Waals surface area contributed by atoms with Crippen LogP contribution in [0.4, 0.5) is 5.82 Å². The number of aromatic nitrogens is 2. The lowest BCUT2D eigenvalue weighted by Crippen LogP contribution is -2.37. The molecule has 2 heterocycles. The van der Waals surface area contributed by atoms with Gasteiger partial charge in [-0.15, -0.1) is 49.6 Å². The van der Waals surface area contributed by atoms with Crippen LogP contribution in [0.1, 0.15) is 31.5 Å². The minimum atomic E-state index is -0.603. The molecule has 1 fully saturated rings. The van der Waals surface area contributed by atoms with Crippen molar-refractivity contribution >= 4 is 67.4 Å². The molecule has 0 saturated carbocycles. The van der Waals surface area contributed by atoms with E-state index in [1.807, 2.05) is 0 Å². The van der Waals surface area contributed by atoms with Crippen LogP contribution in [0.5, 0.6) is 0 Å². The highest BCUT2D eigenvalue weighted by atomic mass is 35.5. The summed E-state index contributed by atoms with van der Waals surface area (Å²) in [5.41, 5.74) is 3.54. The Bertz CT molecular complexity index is 823. The number of rotatable bonds is 7. The van der Waals surface area contributed by atoms with Gasteiger partial charge < -0.3 is 10.2 Å². The van der Waals surface area contributed by atoms with Gasteiger partial charge in [0.15, 0.2) is 0 Å². The van der Waals surface area contributed by atoms with E-state index < -0.39 is 5.91 Å². The maximum absolute atomic E-state index is 11.0. The lowest BCUT2D eigenvalue weighted by molar-refractivity contribution is -0.124. The number of amides is 1. The molecule has 11 heteroatoms. The highest BCUT2D eigenvalue weighted by molar-refractivity contribution is 5.90. The Morgan fingerprint density at radius 2 is 1.84 bits per heavy atom. The van der Waals surface area contributed by atoms with E-state index in [-0.39, 0.29) is 55.0 Å². The molecular weight excluding hydrogens is 496 g/mol. The fraction of sp³-hybridized carbons (Fsp3) is 0.381. The third kappa shape index (κ3) is 9.48. The third-order valence-corrected chi connectivity index (χ3v) is 4.99. The maximum atomic E-state index is 11.0. The van der Waals surface area contributed by atoms with E-state index in [1.165, 1.54) is 23.2 Å². The van der Waals surface area contributed by atoms with Crippen LogP contribution in [0, 0.1) is 0 Å². The van der Waals surface area contributed by atoms with Gasteiger partial charge in [-0.1, -0.05) is 44.2 Å². The molecule has 0 aliphatic carbocycles. The summed E-state index contributed by atoms with van der Waals surface area (Å²) in [6.45, 7) is 7.61. The van der Waals surface area contributed by atoms with Gasteiger partial charge in [0, 0.05) is 37.2 Å². The molecule has 0 spiro atoms. The van der Waals surface area contributed by atoms with Gasteiger partial charge in [0.1, 0.15) is 5.82 Å². The second-order valence-electron chi connectivity index (χ2n) is 7.75. The lowest BCUT2D eigenvalue weighted by atomic mass is 9.84. The van der Waals surface area contributed by atoms with Gasteiger partial charge in [0.05, 0.1) is 18.1 Å². The molecule has 32 heavy (non-hydrogen) atoms. The van der Waals surface area contributed by atoms with Crippen molar-refractivity contribution in [2.75, 3.05) is 25.0 Å². The van der Waals surface area contributed by atoms with Crippen molar-refractivity contribution in [2.24, 2.45) is 0 Å². The molecule has 1 amide bonds.